The molecule has 1 saturated heterocycles. The van der Waals surface area contributed by atoms with Crippen LogP contribution in [0.5, 0.6) is 5.75 Å². The third kappa shape index (κ3) is 8.04. The molecule has 204 valence electrons. The Hall–Kier alpha value is -3.90. The Morgan fingerprint density at radius 2 is 1.59 bits per heavy atom. The molecule has 3 aromatic rings. The van der Waals surface area contributed by atoms with Gasteiger partial charge in [0, 0.05) is 11.3 Å². The number of ether oxygens (including phenoxy) is 1. The standard InChI is InChI=1S/C33H39N3O3/c1-26(35-39-24-12-4-3-11-22-34-23-21-27-13-7-5-8-14-27)25-31-32(28-15-9-6-10-16-28)36(33(31)37)29-17-19-30(38-2)20-18-29/h5-10,13-20,25,32,34H,3-4,11-12,21-24H2,1-2H3/b31-25+,35-26-. The molecule has 1 N–H and O–H groups in total. The molecule has 1 aliphatic rings. The second-order valence-electron chi connectivity index (χ2n) is 9.75. The highest BCUT2D eigenvalue weighted by Crippen LogP contribution is 2.43. The summed E-state index contributed by atoms with van der Waals surface area (Å²) in [4.78, 5) is 20.5. The molecule has 1 heterocycles. The van der Waals surface area contributed by atoms with Crippen LogP contribution in [0.3, 0.4) is 0 Å². The lowest BCUT2D eigenvalue weighted by molar-refractivity contribution is -0.119. The van der Waals surface area contributed by atoms with E-state index in [1.807, 2.05) is 72.5 Å². The fraction of sp³-hybridized carbons (Fsp3) is 0.333. The highest BCUT2D eigenvalue weighted by Gasteiger charge is 2.43. The number of methoxy groups -OCH3 is 1. The van der Waals surface area contributed by atoms with Crippen molar-refractivity contribution in [2.24, 2.45) is 5.16 Å². The van der Waals surface area contributed by atoms with Crippen LogP contribution in [0.1, 0.15) is 49.8 Å². The first kappa shape index (κ1) is 28.1. The van der Waals surface area contributed by atoms with E-state index in [2.05, 4.69) is 40.8 Å². The first-order valence-corrected chi connectivity index (χ1v) is 13.8. The molecule has 1 fully saturated rings. The van der Waals surface area contributed by atoms with Crippen molar-refractivity contribution in [2.75, 3.05) is 31.7 Å². The zero-order chi connectivity index (χ0) is 27.3. The lowest BCUT2D eigenvalue weighted by Crippen LogP contribution is -2.49. The summed E-state index contributed by atoms with van der Waals surface area (Å²) in [7, 11) is 1.63. The molecule has 0 aromatic heterocycles. The predicted octanol–water partition coefficient (Wildman–Crippen LogP) is 6.49. The normalized spacial score (nSPS) is 16.3. The molecule has 0 radical (unpaired) electrons. The third-order valence-electron chi connectivity index (χ3n) is 6.83. The van der Waals surface area contributed by atoms with Crippen molar-refractivity contribution in [1.29, 1.82) is 0 Å². The second-order valence-corrected chi connectivity index (χ2v) is 9.75. The number of nitrogens with one attached hydrogen (secondary N) is 1. The van der Waals surface area contributed by atoms with Gasteiger partial charge in [-0.1, -0.05) is 72.2 Å². The molecule has 1 aliphatic heterocycles. The van der Waals surface area contributed by atoms with Crippen LogP contribution >= 0.6 is 0 Å². The number of unbranched alkanes of at least 4 members (excludes halogenated alkanes) is 3. The van der Waals surface area contributed by atoms with Crippen molar-refractivity contribution in [2.45, 2.75) is 45.1 Å². The van der Waals surface area contributed by atoms with Crippen LogP contribution in [0.4, 0.5) is 5.69 Å². The Bertz CT molecular complexity index is 1220. The zero-order valence-corrected chi connectivity index (χ0v) is 23.0. The van der Waals surface area contributed by atoms with Crippen LogP contribution in [-0.4, -0.2) is 38.4 Å². The van der Waals surface area contributed by atoms with Gasteiger partial charge in [0.1, 0.15) is 12.4 Å². The lowest BCUT2D eigenvalue weighted by Gasteiger charge is -2.43. The van der Waals surface area contributed by atoms with Gasteiger partial charge in [-0.05, 0) is 87.2 Å². The highest BCUT2D eigenvalue weighted by molar-refractivity contribution is 6.18. The van der Waals surface area contributed by atoms with Gasteiger partial charge in [0.2, 0.25) is 0 Å². The monoisotopic (exact) mass is 525 g/mol. The van der Waals surface area contributed by atoms with Crippen molar-refractivity contribution in [3.8, 4) is 5.75 Å². The average molecular weight is 526 g/mol. The van der Waals surface area contributed by atoms with Gasteiger partial charge in [-0.2, -0.15) is 0 Å². The number of rotatable bonds is 15. The quantitative estimate of drug-likeness (QED) is 0.0809. The summed E-state index contributed by atoms with van der Waals surface area (Å²) in [5, 5.41) is 7.78. The summed E-state index contributed by atoms with van der Waals surface area (Å²) >= 11 is 0. The maximum atomic E-state index is 13.2. The summed E-state index contributed by atoms with van der Waals surface area (Å²) < 4.78 is 5.27. The molecular weight excluding hydrogens is 486 g/mol. The molecule has 0 bridgehead atoms. The smallest absolute Gasteiger partial charge is 0.257 e. The molecule has 6 heteroatoms. The number of amides is 1. The summed E-state index contributed by atoms with van der Waals surface area (Å²) in [5.74, 6) is 0.732. The number of carbonyl (C=O) groups excluding carboxylic acids is 1. The third-order valence-corrected chi connectivity index (χ3v) is 6.83. The van der Waals surface area contributed by atoms with Crippen molar-refractivity contribution in [3.63, 3.8) is 0 Å². The first-order chi connectivity index (χ1) is 19.2. The van der Waals surface area contributed by atoms with E-state index in [0.717, 1.165) is 55.8 Å². The van der Waals surface area contributed by atoms with Gasteiger partial charge in [0.05, 0.1) is 18.9 Å². The van der Waals surface area contributed by atoms with Gasteiger partial charge in [0.25, 0.3) is 5.91 Å². The van der Waals surface area contributed by atoms with E-state index in [1.165, 1.54) is 12.0 Å². The average Bonchev–Trinajstić information content (AvgIpc) is 2.98. The number of carbonyl (C=O) groups is 1. The van der Waals surface area contributed by atoms with Gasteiger partial charge in [-0.25, -0.2) is 0 Å². The molecular formula is C33H39N3O3. The van der Waals surface area contributed by atoms with Crippen LogP contribution < -0.4 is 15.0 Å². The Kier molecular flexibility index (Phi) is 10.7. The SMILES string of the molecule is COc1ccc(N2C(=O)/C(=C/C(C)=N\OCCCCCCNCCc3ccccc3)C2c2ccccc2)cc1. The Morgan fingerprint density at radius 1 is 0.897 bits per heavy atom. The van der Waals surface area contributed by atoms with Crippen molar-refractivity contribution in [1.82, 2.24) is 5.32 Å². The Labute approximate surface area is 232 Å². The fourth-order valence-electron chi connectivity index (χ4n) is 4.73. The minimum absolute atomic E-state index is 0.0269. The summed E-state index contributed by atoms with van der Waals surface area (Å²) in [6.07, 6.45) is 7.33. The fourth-order valence-corrected chi connectivity index (χ4v) is 4.73. The molecule has 39 heavy (non-hydrogen) atoms. The minimum atomic E-state index is -0.168. The number of anilines is 1. The largest absolute Gasteiger partial charge is 0.497 e. The van der Waals surface area contributed by atoms with Crippen molar-refractivity contribution < 1.29 is 14.4 Å². The second kappa shape index (κ2) is 14.9. The van der Waals surface area contributed by atoms with E-state index in [1.54, 1.807) is 7.11 Å². The van der Waals surface area contributed by atoms with Crippen LogP contribution in [0.15, 0.2) is 102 Å². The topological polar surface area (TPSA) is 63.2 Å². The number of oxime groups is 1. The molecule has 1 unspecified atom stereocenters. The maximum Gasteiger partial charge on any atom is 0.257 e. The molecule has 4 rings (SSSR count). The van der Waals surface area contributed by atoms with Gasteiger partial charge in [0.15, 0.2) is 0 Å². The molecule has 3 aromatic carbocycles. The number of nitrogens with zero attached hydrogens (tertiary/aromatic N) is 2. The van der Waals surface area contributed by atoms with Crippen molar-refractivity contribution in [3.05, 3.63) is 108 Å². The van der Waals surface area contributed by atoms with Crippen molar-refractivity contribution >= 4 is 17.3 Å². The Morgan fingerprint density at radius 3 is 2.31 bits per heavy atom. The van der Waals surface area contributed by atoms with Gasteiger partial charge >= 0.3 is 0 Å². The minimum Gasteiger partial charge on any atom is -0.497 e. The summed E-state index contributed by atoms with van der Waals surface area (Å²) in [6, 6.07) is 28.0. The Balaban J connectivity index is 1.20. The van der Waals surface area contributed by atoms with E-state index in [4.69, 9.17) is 9.57 Å². The molecule has 0 saturated carbocycles. The molecule has 1 atom stereocenters. The van der Waals surface area contributed by atoms with E-state index < -0.39 is 0 Å². The van der Waals surface area contributed by atoms with Gasteiger partial charge in [-0.15, -0.1) is 0 Å². The number of β-lactam (4-membered cyclic amide) rings is 1. The molecule has 0 spiro atoms. The number of benzene rings is 3. The maximum absolute atomic E-state index is 13.2. The number of hydrogen-bond donors (Lipinski definition) is 1. The van der Waals surface area contributed by atoms with E-state index in [-0.39, 0.29) is 11.9 Å². The highest BCUT2D eigenvalue weighted by atomic mass is 16.6. The predicted molar refractivity (Wildman–Crippen MR) is 158 cm³/mol. The van der Waals surface area contributed by atoms with E-state index in [9.17, 15) is 4.79 Å². The van der Waals surface area contributed by atoms with E-state index >= 15 is 0 Å². The molecule has 6 nitrogen and oxygen atoms in total. The van der Waals surface area contributed by atoms with E-state index in [0.29, 0.717) is 17.9 Å². The van der Waals surface area contributed by atoms with Crippen LogP contribution in [0.2, 0.25) is 0 Å². The van der Waals surface area contributed by atoms with Gasteiger partial charge < -0.3 is 14.9 Å². The zero-order valence-electron chi connectivity index (χ0n) is 23.0. The van der Waals surface area contributed by atoms with Gasteiger partial charge in [-0.3, -0.25) is 9.69 Å². The summed E-state index contributed by atoms with van der Waals surface area (Å²) in [6.45, 7) is 4.51. The molecule has 1 amide bonds. The van der Waals surface area contributed by atoms with Crippen LogP contribution in [-0.2, 0) is 16.1 Å². The van der Waals surface area contributed by atoms with Crippen LogP contribution in [0, 0.1) is 0 Å². The molecule has 0 aliphatic carbocycles. The van der Waals surface area contributed by atoms with Crippen LogP contribution in [0.25, 0.3) is 0 Å². The lowest BCUT2D eigenvalue weighted by atomic mass is 9.86. The first-order valence-electron chi connectivity index (χ1n) is 13.8. The number of allylic oxidation sites excluding steroid dienone is 1. The number of hydrogen-bond acceptors (Lipinski definition) is 5. The summed E-state index contributed by atoms with van der Waals surface area (Å²) in [5.41, 5.74) is 4.67.